The van der Waals surface area contributed by atoms with Crippen LogP contribution in [0.4, 0.5) is 4.39 Å². The van der Waals surface area contributed by atoms with Gasteiger partial charge < -0.3 is 15.1 Å². The number of hydrogen-bond donors (Lipinski definition) is 2. The van der Waals surface area contributed by atoms with Crippen LogP contribution in [0, 0.1) is 5.82 Å². The molecule has 0 saturated heterocycles. The summed E-state index contributed by atoms with van der Waals surface area (Å²) >= 11 is 1.87. The lowest BCUT2D eigenvalue weighted by Crippen LogP contribution is -2.38. The van der Waals surface area contributed by atoms with Gasteiger partial charge in [-0.2, -0.15) is 11.8 Å². The highest BCUT2D eigenvalue weighted by Crippen LogP contribution is 2.18. The fourth-order valence-electron chi connectivity index (χ4n) is 2.25. The van der Waals surface area contributed by atoms with Crippen LogP contribution >= 0.6 is 11.8 Å². The molecule has 0 aliphatic heterocycles. The number of unbranched alkanes of at least 4 members (excludes halogenated alkanes) is 1. The van der Waals surface area contributed by atoms with Crippen molar-refractivity contribution in [3.8, 4) is 11.5 Å². The van der Waals surface area contributed by atoms with Gasteiger partial charge in [-0.25, -0.2) is 9.37 Å². The minimum Gasteiger partial charge on any atom is -0.444 e. The molecule has 25 heavy (non-hydrogen) atoms. The van der Waals surface area contributed by atoms with E-state index in [4.69, 9.17) is 4.42 Å². The summed E-state index contributed by atoms with van der Waals surface area (Å²) in [4.78, 5) is 8.64. The van der Waals surface area contributed by atoms with Crippen molar-refractivity contribution < 1.29 is 8.81 Å². The Hall–Kier alpha value is -2.02. The zero-order valence-electron chi connectivity index (χ0n) is 14.7. The van der Waals surface area contributed by atoms with E-state index in [9.17, 15) is 4.39 Å². The zero-order chi connectivity index (χ0) is 17.9. The summed E-state index contributed by atoms with van der Waals surface area (Å²) in [7, 11) is 1.76. The van der Waals surface area contributed by atoms with E-state index in [1.54, 1.807) is 25.4 Å². The van der Waals surface area contributed by atoms with Crippen LogP contribution in [-0.4, -0.2) is 43.1 Å². The SMILES string of the molecule is CN=C(NCCCCSC)NCCc1coc(-c2ccc(F)cc2)n1. The van der Waals surface area contributed by atoms with Crippen LogP contribution in [0.5, 0.6) is 0 Å². The van der Waals surface area contributed by atoms with Gasteiger partial charge in [-0.15, -0.1) is 0 Å². The molecule has 0 fully saturated rings. The van der Waals surface area contributed by atoms with Crippen LogP contribution in [0.25, 0.3) is 11.5 Å². The van der Waals surface area contributed by atoms with E-state index in [1.165, 1.54) is 24.3 Å². The minimum absolute atomic E-state index is 0.271. The lowest BCUT2D eigenvalue weighted by molar-refractivity contribution is 0.571. The van der Waals surface area contributed by atoms with E-state index < -0.39 is 0 Å². The van der Waals surface area contributed by atoms with Crippen molar-refractivity contribution >= 4 is 17.7 Å². The maximum atomic E-state index is 13.0. The Bertz CT molecular complexity index is 657. The predicted molar refractivity (Wildman–Crippen MR) is 103 cm³/mol. The van der Waals surface area contributed by atoms with Gasteiger partial charge in [0.05, 0.1) is 5.69 Å². The molecule has 0 bridgehead atoms. The van der Waals surface area contributed by atoms with Crippen LogP contribution in [0.15, 0.2) is 39.9 Å². The van der Waals surface area contributed by atoms with Crippen molar-refractivity contribution in [2.75, 3.05) is 32.1 Å². The molecule has 7 heteroatoms. The molecule has 2 aromatic rings. The van der Waals surface area contributed by atoms with Crippen molar-refractivity contribution in [3.05, 3.63) is 42.0 Å². The van der Waals surface area contributed by atoms with E-state index in [1.807, 2.05) is 11.8 Å². The molecule has 1 heterocycles. The molecule has 0 atom stereocenters. The van der Waals surface area contributed by atoms with Gasteiger partial charge in [0, 0.05) is 32.1 Å². The molecule has 0 aliphatic rings. The average molecular weight is 364 g/mol. The van der Waals surface area contributed by atoms with Crippen LogP contribution in [0.1, 0.15) is 18.5 Å². The first kappa shape index (κ1) is 19.3. The molecule has 136 valence electrons. The number of aliphatic imine (C=N–C) groups is 1. The van der Waals surface area contributed by atoms with Gasteiger partial charge in [0.25, 0.3) is 0 Å². The van der Waals surface area contributed by atoms with E-state index in [2.05, 4.69) is 26.9 Å². The van der Waals surface area contributed by atoms with Crippen LogP contribution in [0.2, 0.25) is 0 Å². The number of aromatic nitrogens is 1. The molecule has 0 aliphatic carbocycles. The van der Waals surface area contributed by atoms with Gasteiger partial charge in [0.15, 0.2) is 5.96 Å². The Morgan fingerprint density at radius 1 is 1.20 bits per heavy atom. The summed E-state index contributed by atoms with van der Waals surface area (Å²) in [6.07, 6.45) is 6.82. The standard InChI is InChI=1S/C18H25FN4OS/c1-20-18(21-10-3-4-12-25-2)22-11-9-16-13-24-17(23-16)14-5-7-15(19)8-6-14/h5-8,13H,3-4,9-12H2,1-2H3,(H2,20,21,22). The first-order valence-electron chi connectivity index (χ1n) is 8.36. The smallest absolute Gasteiger partial charge is 0.226 e. The summed E-state index contributed by atoms with van der Waals surface area (Å²) in [5.74, 6) is 2.22. The van der Waals surface area contributed by atoms with Gasteiger partial charge in [-0.05, 0) is 49.1 Å². The van der Waals surface area contributed by atoms with Gasteiger partial charge in [-0.1, -0.05) is 0 Å². The third-order valence-electron chi connectivity index (χ3n) is 3.61. The molecule has 0 amide bonds. The third kappa shape index (κ3) is 6.78. The van der Waals surface area contributed by atoms with E-state index in [0.29, 0.717) is 12.4 Å². The average Bonchev–Trinajstić information content (AvgIpc) is 3.09. The highest BCUT2D eigenvalue weighted by Gasteiger charge is 2.07. The molecule has 0 spiro atoms. The molecular formula is C18H25FN4OS. The van der Waals surface area contributed by atoms with Crippen molar-refractivity contribution in [1.29, 1.82) is 0 Å². The lowest BCUT2D eigenvalue weighted by Gasteiger charge is -2.10. The summed E-state index contributed by atoms with van der Waals surface area (Å²) < 4.78 is 18.4. The second kappa shape index (κ2) is 10.8. The topological polar surface area (TPSA) is 62.5 Å². The molecular weight excluding hydrogens is 339 g/mol. The van der Waals surface area contributed by atoms with E-state index in [0.717, 1.165) is 36.6 Å². The highest BCUT2D eigenvalue weighted by molar-refractivity contribution is 7.98. The number of nitrogens with zero attached hydrogens (tertiary/aromatic N) is 2. The molecule has 1 aromatic heterocycles. The molecule has 1 aromatic carbocycles. The first-order valence-corrected chi connectivity index (χ1v) is 9.76. The first-order chi connectivity index (χ1) is 12.2. The summed E-state index contributed by atoms with van der Waals surface area (Å²) in [6, 6.07) is 6.11. The van der Waals surface area contributed by atoms with E-state index in [-0.39, 0.29) is 5.82 Å². The maximum absolute atomic E-state index is 13.0. The summed E-state index contributed by atoms with van der Waals surface area (Å²) in [5, 5.41) is 6.57. The number of hydrogen-bond acceptors (Lipinski definition) is 4. The molecule has 5 nitrogen and oxygen atoms in total. The third-order valence-corrected chi connectivity index (χ3v) is 4.30. The molecule has 0 radical (unpaired) electrons. The fourth-order valence-corrected chi connectivity index (χ4v) is 2.75. The van der Waals surface area contributed by atoms with Crippen molar-refractivity contribution in [3.63, 3.8) is 0 Å². The largest absolute Gasteiger partial charge is 0.444 e. The fraction of sp³-hybridized carbons (Fsp3) is 0.444. The number of guanidine groups is 1. The minimum atomic E-state index is -0.271. The Balaban J connectivity index is 1.73. The van der Waals surface area contributed by atoms with Gasteiger partial charge >= 0.3 is 0 Å². The second-order valence-corrected chi connectivity index (χ2v) is 6.51. The molecule has 2 rings (SSSR count). The monoisotopic (exact) mass is 364 g/mol. The van der Waals surface area contributed by atoms with Crippen LogP contribution < -0.4 is 10.6 Å². The molecule has 0 unspecified atom stereocenters. The zero-order valence-corrected chi connectivity index (χ0v) is 15.5. The number of rotatable bonds is 9. The van der Waals surface area contributed by atoms with Gasteiger partial charge in [-0.3, -0.25) is 4.99 Å². The Morgan fingerprint density at radius 2 is 1.96 bits per heavy atom. The van der Waals surface area contributed by atoms with Crippen molar-refractivity contribution in [2.24, 2.45) is 4.99 Å². The predicted octanol–water partition coefficient (Wildman–Crippen LogP) is 3.33. The Morgan fingerprint density at radius 3 is 2.68 bits per heavy atom. The normalized spacial score (nSPS) is 11.6. The molecule has 0 saturated carbocycles. The van der Waals surface area contributed by atoms with E-state index >= 15 is 0 Å². The maximum Gasteiger partial charge on any atom is 0.226 e. The highest BCUT2D eigenvalue weighted by atomic mass is 32.2. The number of benzene rings is 1. The van der Waals surface area contributed by atoms with Crippen LogP contribution in [-0.2, 0) is 6.42 Å². The lowest BCUT2D eigenvalue weighted by atomic mass is 10.2. The van der Waals surface area contributed by atoms with Gasteiger partial charge in [0.1, 0.15) is 12.1 Å². The molecule has 2 N–H and O–H groups in total. The van der Waals surface area contributed by atoms with Gasteiger partial charge in [0.2, 0.25) is 5.89 Å². The Labute approximate surface area is 152 Å². The quantitative estimate of drug-likeness (QED) is 0.406. The number of oxazole rings is 1. The number of halogens is 1. The van der Waals surface area contributed by atoms with Crippen molar-refractivity contribution in [1.82, 2.24) is 15.6 Å². The second-order valence-electron chi connectivity index (χ2n) is 5.53. The summed E-state index contributed by atoms with van der Waals surface area (Å²) in [6.45, 7) is 1.62. The number of nitrogens with one attached hydrogen (secondary N) is 2. The Kier molecular flexibility index (Phi) is 8.31. The van der Waals surface area contributed by atoms with Crippen molar-refractivity contribution in [2.45, 2.75) is 19.3 Å². The summed E-state index contributed by atoms with van der Waals surface area (Å²) in [5.41, 5.74) is 1.62. The van der Waals surface area contributed by atoms with Crippen LogP contribution in [0.3, 0.4) is 0 Å². The number of thioether (sulfide) groups is 1.